The number of carbonyl (C=O) groups is 1. The molecule has 0 atom stereocenters. The van der Waals surface area contributed by atoms with Gasteiger partial charge in [-0.3, -0.25) is 4.79 Å². The molecule has 4 nitrogen and oxygen atoms in total. The maximum Gasteiger partial charge on any atom is 0.214 e. The summed E-state index contributed by atoms with van der Waals surface area (Å²) in [6.07, 6.45) is 3.31. The molecule has 1 aromatic heterocycles. The van der Waals surface area contributed by atoms with Crippen LogP contribution in [0.2, 0.25) is 15.1 Å². The van der Waals surface area contributed by atoms with E-state index in [-0.39, 0.29) is 0 Å². The van der Waals surface area contributed by atoms with Crippen molar-refractivity contribution in [2.45, 2.75) is 13.3 Å². The summed E-state index contributed by atoms with van der Waals surface area (Å²) in [5.74, 6) is 0. The average Bonchev–Trinajstić information content (AvgIpc) is 3.06. The molecule has 0 N–H and O–H groups in total. The minimum Gasteiger partial charge on any atom is -0.314 e. The first-order chi connectivity index (χ1) is 13.0. The number of carbonyl (C=O) groups excluding carboxylic acids is 1. The van der Waals surface area contributed by atoms with Crippen LogP contribution in [0.5, 0.6) is 0 Å². The smallest absolute Gasteiger partial charge is 0.214 e. The number of amides is 1. The molecule has 0 aliphatic carbocycles. The van der Waals surface area contributed by atoms with E-state index in [1.54, 1.807) is 17.0 Å². The first-order valence-electron chi connectivity index (χ1n) is 8.22. The summed E-state index contributed by atoms with van der Waals surface area (Å²) in [4.78, 5) is 20.5. The lowest BCUT2D eigenvalue weighted by Crippen LogP contribution is -2.16. The van der Waals surface area contributed by atoms with E-state index in [0.717, 1.165) is 52.6 Å². The molecule has 0 unspecified atom stereocenters. The second-order valence-electron chi connectivity index (χ2n) is 6.00. The predicted octanol–water partition coefficient (Wildman–Crippen LogP) is 5.62. The molecule has 0 radical (unpaired) electrons. The van der Waals surface area contributed by atoms with Crippen LogP contribution in [-0.4, -0.2) is 22.9 Å². The number of aromatic nitrogens is 2. The first kappa shape index (κ1) is 19.6. The van der Waals surface area contributed by atoms with Gasteiger partial charge < -0.3 is 4.90 Å². The van der Waals surface area contributed by atoms with E-state index in [9.17, 15) is 4.79 Å². The molecule has 0 fully saturated rings. The normalized spacial score (nSPS) is 12.2. The molecule has 0 spiro atoms. The van der Waals surface area contributed by atoms with Crippen molar-refractivity contribution in [2.24, 2.45) is 0 Å². The van der Waals surface area contributed by atoms with Crippen molar-refractivity contribution in [3.8, 4) is 11.3 Å². The average molecular weight is 421 g/mol. The number of rotatable bonds is 2. The van der Waals surface area contributed by atoms with Gasteiger partial charge in [0.1, 0.15) is 6.33 Å². The van der Waals surface area contributed by atoms with E-state index in [0.29, 0.717) is 10.0 Å². The summed E-state index contributed by atoms with van der Waals surface area (Å²) in [5.41, 5.74) is 4.87. The van der Waals surface area contributed by atoms with Crippen LogP contribution >= 0.6 is 34.8 Å². The van der Waals surface area contributed by atoms with Crippen molar-refractivity contribution in [1.29, 1.82) is 0 Å². The summed E-state index contributed by atoms with van der Waals surface area (Å²) in [6.45, 7) is 2.70. The monoisotopic (exact) mass is 419 g/mol. The van der Waals surface area contributed by atoms with Crippen molar-refractivity contribution >= 4 is 46.9 Å². The molecule has 0 saturated heterocycles. The molecule has 0 bridgehead atoms. The van der Waals surface area contributed by atoms with Crippen molar-refractivity contribution in [1.82, 2.24) is 9.97 Å². The van der Waals surface area contributed by atoms with E-state index in [4.69, 9.17) is 34.8 Å². The van der Waals surface area contributed by atoms with Crippen LogP contribution in [0, 0.1) is 6.92 Å². The minimum atomic E-state index is 0.533. The van der Waals surface area contributed by atoms with Crippen molar-refractivity contribution in [3.05, 3.63) is 75.1 Å². The summed E-state index contributed by atoms with van der Waals surface area (Å²) in [6, 6.07) is 13.0. The fraction of sp³-hybridized carbons (Fsp3) is 0.150. The Morgan fingerprint density at radius 2 is 1.81 bits per heavy atom. The molecule has 1 aliphatic heterocycles. The van der Waals surface area contributed by atoms with E-state index < -0.39 is 0 Å². The molecule has 3 aromatic rings. The lowest BCUT2D eigenvalue weighted by molar-refractivity contribution is -0.107. The number of benzene rings is 2. The molecule has 1 aliphatic rings. The van der Waals surface area contributed by atoms with Gasteiger partial charge in [0.15, 0.2) is 0 Å². The summed E-state index contributed by atoms with van der Waals surface area (Å²) in [5, 5.41) is 1.82. The van der Waals surface area contributed by atoms with Crippen molar-refractivity contribution < 1.29 is 4.79 Å². The molecule has 1 amide bonds. The number of aryl methyl sites for hydroxylation is 1. The van der Waals surface area contributed by atoms with Gasteiger partial charge in [-0.15, -0.1) is 0 Å². The van der Waals surface area contributed by atoms with Crippen molar-refractivity contribution in [3.63, 3.8) is 0 Å². The Hall–Kier alpha value is -2.14. The van der Waals surface area contributed by atoms with Gasteiger partial charge in [0.2, 0.25) is 6.41 Å². The molecule has 4 rings (SSSR count). The number of nitrogens with zero attached hydrogens (tertiary/aromatic N) is 3. The van der Waals surface area contributed by atoms with Crippen LogP contribution in [0.25, 0.3) is 11.3 Å². The molecule has 138 valence electrons. The highest BCUT2D eigenvalue weighted by molar-refractivity contribution is 6.42. The van der Waals surface area contributed by atoms with E-state index in [2.05, 4.69) is 9.97 Å². The zero-order chi connectivity index (χ0) is 19.4. The van der Waals surface area contributed by atoms with Crippen LogP contribution < -0.4 is 4.90 Å². The number of halogens is 3. The highest BCUT2D eigenvalue weighted by atomic mass is 35.5. The second kappa shape index (κ2) is 8.70. The van der Waals surface area contributed by atoms with Crippen molar-refractivity contribution in [2.75, 3.05) is 11.4 Å². The maximum absolute atomic E-state index is 10.5. The number of anilines is 1. The van der Waals surface area contributed by atoms with Crippen LogP contribution in [0.1, 0.15) is 11.3 Å². The van der Waals surface area contributed by atoms with Gasteiger partial charge in [0, 0.05) is 28.5 Å². The SMILES string of the molecule is Cc1cc(-c2ccc(Cl)c(Cl)c2)ncn1.O=CN1CCc2cc(Cl)ccc21. The maximum atomic E-state index is 10.5. The summed E-state index contributed by atoms with van der Waals surface area (Å²) < 4.78 is 0. The van der Waals surface area contributed by atoms with Crippen LogP contribution in [0.3, 0.4) is 0 Å². The van der Waals surface area contributed by atoms with Gasteiger partial charge in [0.05, 0.1) is 15.7 Å². The fourth-order valence-electron chi connectivity index (χ4n) is 2.77. The third kappa shape index (κ3) is 4.78. The van der Waals surface area contributed by atoms with Gasteiger partial charge in [-0.25, -0.2) is 9.97 Å². The third-order valence-electron chi connectivity index (χ3n) is 4.12. The van der Waals surface area contributed by atoms with Gasteiger partial charge in [-0.05, 0) is 55.3 Å². The summed E-state index contributed by atoms with van der Waals surface area (Å²) in [7, 11) is 0. The Morgan fingerprint density at radius 1 is 1.00 bits per heavy atom. The molecule has 27 heavy (non-hydrogen) atoms. The lowest BCUT2D eigenvalue weighted by atomic mass is 10.1. The number of hydrogen-bond acceptors (Lipinski definition) is 3. The molecule has 2 aromatic carbocycles. The summed E-state index contributed by atoms with van der Waals surface area (Å²) >= 11 is 17.6. The Morgan fingerprint density at radius 3 is 2.52 bits per heavy atom. The standard InChI is InChI=1S/C11H8Cl2N2.C9H8ClNO/c1-7-4-11(15-6-14-7)8-2-3-9(12)10(13)5-8;10-8-1-2-9-7(5-8)3-4-11(9)6-12/h2-6H,1H3;1-2,5-6H,3-4H2. The Kier molecular flexibility index (Phi) is 6.32. The molecule has 7 heteroatoms. The zero-order valence-corrected chi connectivity index (χ0v) is 16.8. The molecule has 2 heterocycles. The van der Waals surface area contributed by atoms with Gasteiger partial charge in [0.25, 0.3) is 0 Å². The van der Waals surface area contributed by atoms with Gasteiger partial charge in [-0.2, -0.15) is 0 Å². The lowest BCUT2D eigenvalue weighted by Gasteiger charge is -2.08. The largest absolute Gasteiger partial charge is 0.314 e. The topological polar surface area (TPSA) is 46.1 Å². The third-order valence-corrected chi connectivity index (χ3v) is 5.09. The van der Waals surface area contributed by atoms with Crippen LogP contribution in [-0.2, 0) is 11.2 Å². The highest BCUT2D eigenvalue weighted by Crippen LogP contribution is 2.29. The van der Waals surface area contributed by atoms with E-state index in [1.165, 1.54) is 6.33 Å². The first-order valence-corrected chi connectivity index (χ1v) is 9.36. The molecular formula is C20H16Cl3N3O. The molecular weight excluding hydrogens is 405 g/mol. The second-order valence-corrected chi connectivity index (χ2v) is 7.25. The zero-order valence-electron chi connectivity index (χ0n) is 14.5. The van der Waals surface area contributed by atoms with E-state index in [1.807, 2.05) is 37.3 Å². The minimum absolute atomic E-state index is 0.533. The Bertz CT molecular complexity index is 978. The fourth-order valence-corrected chi connectivity index (χ4v) is 3.27. The van der Waals surface area contributed by atoms with E-state index >= 15 is 0 Å². The number of hydrogen-bond donors (Lipinski definition) is 0. The Balaban J connectivity index is 0.000000159. The Labute approximate surface area is 172 Å². The highest BCUT2D eigenvalue weighted by Gasteiger charge is 2.17. The van der Waals surface area contributed by atoms with Crippen LogP contribution in [0.4, 0.5) is 5.69 Å². The van der Waals surface area contributed by atoms with Crippen LogP contribution in [0.15, 0.2) is 48.8 Å². The van der Waals surface area contributed by atoms with Gasteiger partial charge >= 0.3 is 0 Å². The number of fused-ring (bicyclic) bond motifs is 1. The predicted molar refractivity (Wildman–Crippen MR) is 111 cm³/mol. The quantitative estimate of drug-likeness (QED) is 0.506. The van der Waals surface area contributed by atoms with Gasteiger partial charge in [-0.1, -0.05) is 40.9 Å². The molecule has 0 saturated carbocycles.